The minimum absolute atomic E-state index is 0.0923. The number of fused-ring (bicyclic) bond motifs is 2. The van der Waals surface area contributed by atoms with Crippen LogP contribution in [0.3, 0.4) is 0 Å². The molecule has 2 bridgehead atoms. The molecule has 2 aliphatic carbocycles. The van der Waals surface area contributed by atoms with Crippen molar-refractivity contribution in [1.82, 2.24) is 9.03 Å². The van der Waals surface area contributed by atoms with Crippen molar-refractivity contribution in [3.05, 3.63) is 0 Å². The second-order valence-corrected chi connectivity index (χ2v) is 9.03. The number of rotatable bonds is 4. The maximum Gasteiger partial charge on any atom is 0.279 e. The first-order valence-corrected chi connectivity index (χ1v) is 9.67. The smallest absolute Gasteiger partial charge is 0.199 e. The molecule has 116 valence electrons. The summed E-state index contributed by atoms with van der Waals surface area (Å²) < 4.78 is 29.6. The lowest BCUT2D eigenvalue weighted by Gasteiger charge is -2.33. The van der Waals surface area contributed by atoms with Crippen molar-refractivity contribution in [3.63, 3.8) is 0 Å². The topological polar surface area (TPSA) is 49.4 Å². The van der Waals surface area contributed by atoms with Crippen molar-refractivity contribution in [3.8, 4) is 0 Å². The van der Waals surface area contributed by atoms with Gasteiger partial charge in [0.1, 0.15) is 0 Å². The molecule has 1 heterocycles. The average molecular weight is 300 g/mol. The highest BCUT2D eigenvalue weighted by Gasteiger charge is 2.43. The van der Waals surface area contributed by atoms with E-state index in [1.54, 1.807) is 4.31 Å². The summed E-state index contributed by atoms with van der Waals surface area (Å²) in [5.74, 6) is 2.85. The van der Waals surface area contributed by atoms with Crippen LogP contribution in [-0.4, -0.2) is 31.9 Å². The van der Waals surface area contributed by atoms with Gasteiger partial charge in [-0.05, 0) is 62.7 Å². The quantitative estimate of drug-likeness (QED) is 0.866. The molecule has 1 saturated heterocycles. The van der Waals surface area contributed by atoms with Crippen molar-refractivity contribution < 1.29 is 8.42 Å². The monoisotopic (exact) mass is 300 g/mol. The largest absolute Gasteiger partial charge is 0.279 e. The molecule has 0 aromatic heterocycles. The van der Waals surface area contributed by atoms with Crippen LogP contribution < -0.4 is 4.72 Å². The Balaban J connectivity index is 1.58. The molecular formula is C15H28N2O2S. The van der Waals surface area contributed by atoms with E-state index in [1.807, 2.05) is 0 Å². The Morgan fingerprint density at radius 3 is 2.35 bits per heavy atom. The van der Waals surface area contributed by atoms with E-state index in [-0.39, 0.29) is 6.04 Å². The van der Waals surface area contributed by atoms with E-state index in [9.17, 15) is 8.42 Å². The Kier molecular flexibility index (Phi) is 4.13. The Hall–Kier alpha value is -0.130. The molecule has 20 heavy (non-hydrogen) atoms. The molecule has 4 atom stereocenters. The fraction of sp³-hybridized carbons (Fsp3) is 1.00. The van der Waals surface area contributed by atoms with Gasteiger partial charge in [0, 0.05) is 19.1 Å². The lowest BCUT2D eigenvalue weighted by atomic mass is 9.84. The van der Waals surface area contributed by atoms with E-state index in [4.69, 9.17) is 0 Å². The molecular weight excluding hydrogens is 272 g/mol. The maximum absolute atomic E-state index is 12.5. The normalized spacial score (nSPS) is 37.4. The van der Waals surface area contributed by atoms with Crippen molar-refractivity contribution in [2.24, 2.45) is 23.7 Å². The van der Waals surface area contributed by atoms with Gasteiger partial charge in [-0.2, -0.15) is 17.4 Å². The van der Waals surface area contributed by atoms with Gasteiger partial charge in [0.2, 0.25) is 0 Å². The molecule has 0 unspecified atom stereocenters. The van der Waals surface area contributed by atoms with Crippen LogP contribution in [0.5, 0.6) is 0 Å². The Morgan fingerprint density at radius 1 is 1.10 bits per heavy atom. The number of hydrogen-bond acceptors (Lipinski definition) is 2. The van der Waals surface area contributed by atoms with E-state index < -0.39 is 10.2 Å². The Bertz CT molecular complexity index is 443. The summed E-state index contributed by atoms with van der Waals surface area (Å²) in [4.78, 5) is 0. The maximum atomic E-state index is 12.5. The summed E-state index contributed by atoms with van der Waals surface area (Å²) in [6.45, 7) is 5.63. The third kappa shape index (κ3) is 2.90. The number of nitrogens with zero attached hydrogens (tertiary/aromatic N) is 1. The average Bonchev–Trinajstić information content (AvgIpc) is 3.01. The zero-order valence-corrected chi connectivity index (χ0v) is 13.5. The van der Waals surface area contributed by atoms with Gasteiger partial charge >= 0.3 is 0 Å². The van der Waals surface area contributed by atoms with Gasteiger partial charge in [-0.3, -0.25) is 0 Å². The molecule has 1 N–H and O–H groups in total. The molecule has 3 fully saturated rings. The van der Waals surface area contributed by atoms with E-state index in [1.165, 1.54) is 25.7 Å². The summed E-state index contributed by atoms with van der Waals surface area (Å²) >= 11 is 0. The third-order valence-corrected chi connectivity index (χ3v) is 7.57. The molecule has 4 nitrogen and oxygen atoms in total. The summed E-state index contributed by atoms with van der Waals surface area (Å²) in [6, 6.07) is 0.0923. The van der Waals surface area contributed by atoms with E-state index in [2.05, 4.69) is 18.6 Å². The highest BCUT2D eigenvalue weighted by atomic mass is 32.2. The van der Waals surface area contributed by atoms with Gasteiger partial charge in [-0.1, -0.05) is 13.3 Å². The molecule has 0 aromatic rings. The minimum Gasteiger partial charge on any atom is -0.199 e. The first-order chi connectivity index (χ1) is 9.45. The highest BCUT2D eigenvalue weighted by molar-refractivity contribution is 7.87. The summed E-state index contributed by atoms with van der Waals surface area (Å²) in [6.07, 6.45) is 7.21. The van der Waals surface area contributed by atoms with Crippen LogP contribution in [0.25, 0.3) is 0 Å². The van der Waals surface area contributed by atoms with Crippen LogP contribution in [-0.2, 0) is 10.2 Å². The standard InChI is InChI=1S/C15H28N2O2S/c1-11-5-7-17(8-6-11)20(18,19)16-12(2)15-10-13-3-4-14(15)9-13/h11-16H,3-10H2,1-2H3/t12-,13-,14-,15-/m0/s1. The van der Waals surface area contributed by atoms with Crippen LogP contribution in [0.15, 0.2) is 0 Å². The molecule has 2 saturated carbocycles. The number of hydrogen-bond donors (Lipinski definition) is 1. The molecule has 0 radical (unpaired) electrons. The SMILES string of the molecule is CC1CCN(S(=O)(=O)N[C@@H](C)[C@@H]2C[C@H]3CC[C@H]2C3)CC1. The zero-order valence-electron chi connectivity index (χ0n) is 12.7. The molecule has 3 aliphatic rings. The molecule has 0 aromatic carbocycles. The highest BCUT2D eigenvalue weighted by Crippen LogP contribution is 2.49. The van der Waals surface area contributed by atoms with Gasteiger partial charge in [0.15, 0.2) is 0 Å². The van der Waals surface area contributed by atoms with Crippen LogP contribution >= 0.6 is 0 Å². The van der Waals surface area contributed by atoms with Crippen molar-refractivity contribution in [2.75, 3.05) is 13.1 Å². The van der Waals surface area contributed by atoms with E-state index in [0.29, 0.717) is 24.9 Å². The van der Waals surface area contributed by atoms with E-state index >= 15 is 0 Å². The fourth-order valence-electron chi connectivity index (χ4n) is 4.53. The Morgan fingerprint density at radius 2 is 1.80 bits per heavy atom. The second-order valence-electron chi connectivity index (χ2n) is 7.33. The molecule has 5 heteroatoms. The summed E-state index contributed by atoms with van der Waals surface area (Å²) in [5, 5.41) is 0. The predicted octanol–water partition coefficient (Wildman–Crippen LogP) is 2.38. The predicted molar refractivity (Wildman–Crippen MR) is 80.4 cm³/mol. The first-order valence-electron chi connectivity index (χ1n) is 8.23. The van der Waals surface area contributed by atoms with Crippen molar-refractivity contribution in [2.45, 2.75) is 58.4 Å². The minimum atomic E-state index is -3.28. The third-order valence-electron chi connectivity index (χ3n) is 5.85. The summed E-state index contributed by atoms with van der Waals surface area (Å²) in [5.41, 5.74) is 0. The molecule has 3 rings (SSSR count). The number of nitrogens with one attached hydrogen (secondary N) is 1. The van der Waals surface area contributed by atoms with Crippen molar-refractivity contribution in [1.29, 1.82) is 0 Å². The van der Waals surface area contributed by atoms with Gasteiger partial charge < -0.3 is 0 Å². The lowest BCUT2D eigenvalue weighted by Crippen LogP contribution is -2.49. The van der Waals surface area contributed by atoms with Gasteiger partial charge in [-0.25, -0.2) is 0 Å². The molecule has 1 aliphatic heterocycles. The fourth-order valence-corrected chi connectivity index (χ4v) is 6.01. The van der Waals surface area contributed by atoms with Crippen LogP contribution in [0.1, 0.15) is 52.4 Å². The van der Waals surface area contributed by atoms with Crippen LogP contribution in [0.4, 0.5) is 0 Å². The molecule has 0 amide bonds. The zero-order chi connectivity index (χ0) is 14.3. The van der Waals surface area contributed by atoms with Crippen LogP contribution in [0, 0.1) is 23.7 Å². The first kappa shape index (κ1) is 14.8. The second kappa shape index (κ2) is 5.58. The lowest BCUT2D eigenvalue weighted by molar-refractivity contribution is 0.261. The van der Waals surface area contributed by atoms with Crippen LogP contribution in [0.2, 0.25) is 0 Å². The van der Waals surface area contributed by atoms with Gasteiger partial charge in [-0.15, -0.1) is 0 Å². The van der Waals surface area contributed by atoms with Crippen molar-refractivity contribution >= 4 is 10.2 Å². The Labute approximate surface area is 123 Å². The van der Waals surface area contributed by atoms with Gasteiger partial charge in [0.25, 0.3) is 10.2 Å². The van der Waals surface area contributed by atoms with E-state index in [0.717, 1.165) is 24.7 Å². The molecule has 0 spiro atoms. The summed E-state index contributed by atoms with van der Waals surface area (Å²) in [7, 11) is -3.28. The number of piperidine rings is 1. The van der Waals surface area contributed by atoms with Gasteiger partial charge in [0.05, 0.1) is 0 Å².